The van der Waals surface area contributed by atoms with Gasteiger partial charge < -0.3 is 9.47 Å². The van der Waals surface area contributed by atoms with Crippen molar-refractivity contribution in [1.29, 1.82) is 5.26 Å². The molecule has 0 amide bonds. The van der Waals surface area contributed by atoms with Gasteiger partial charge in [-0.15, -0.1) is 0 Å². The zero-order valence-corrected chi connectivity index (χ0v) is 11.9. The number of para-hydroxylation sites is 1. The fourth-order valence-corrected chi connectivity index (χ4v) is 1.80. The highest BCUT2D eigenvalue weighted by Crippen LogP contribution is 2.20. The molecule has 0 bridgehead atoms. The third-order valence-corrected chi connectivity index (χ3v) is 3.02. The minimum absolute atomic E-state index is 0.0683. The molecule has 21 heavy (non-hydrogen) atoms. The second-order valence-corrected chi connectivity index (χ2v) is 4.64. The summed E-state index contributed by atoms with van der Waals surface area (Å²) in [7, 11) is 0. The smallest absolute Gasteiger partial charge is 0.145 e. The first-order valence-corrected chi connectivity index (χ1v) is 6.78. The van der Waals surface area contributed by atoms with Crippen LogP contribution in [-0.4, -0.2) is 13.2 Å². The predicted octanol–water partition coefficient (Wildman–Crippen LogP) is 4.20. The van der Waals surface area contributed by atoms with Crippen molar-refractivity contribution in [3.8, 4) is 17.6 Å². The van der Waals surface area contributed by atoms with E-state index >= 15 is 0 Å². The first-order chi connectivity index (χ1) is 10.2. The number of hydrogen-bond acceptors (Lipinski definition) is 3. The third kappa shape index (κ3) is 4.37. The van der Waals surface area contributed by atoms with Crippen LogP contribution in [0.1, 0.15) is 12.0 Å². The molecule has 108 valence electrons. The summed E-state index contributed by atoms with van der Waals surface area (Å²) in [5.74, 6) is 0.472. The minimum atomic E-state index is -0.506. The van der Waals surface area contributed by atoms with E-state index in [2.05, 4.69) is 6.07 Å². The van der Waals surface area contributed by atoms with Crippen LogP contribution >= 0.6 is 11.6 Å². The van der Waals surface area contributed by atoms with Gasteiger partial charge in [-0.1, -0.05) is 23.7 Å². The summed E-state index contributed by atoms with van der Waals surface area (Å²) in [6.07, 6.45) is 0.615. The Hall–Kier alpha value is -2.25. The van der Waals surface area contributed by atoms with Crippen LogP contribution in [0.3, 0.4) is 0 Å². The summed E-state index contributed by atoms with van der Waals surface area (Å²) < 4.78 is 24.1. The van der Waals surface area contributed by atoms with Gasteiger partial charge in [0.25, 0.3) is 0 Å². The van der Waals surface area contributed by atoms with Crippen LogP contribution in [0.25, 0.3) is 0 Å². The first-order valence-electron chi connectivity index (χ1n) is 6.40. The molecule has 0 N–H and O–H groups in total. The molecule has 0 aliphatic rings. The Morgan fingerprint density at radius 3 is 2.62 bits per heavy atom. The molecule has 5 heteroatoms. The fraction of sp³-hybridized carbons (Fsp3) is 0.188. The lowest BCUT2D eigenvalue weighted by Crippen LogP contribution is -2.05. The van der Waals surface area contributed by atoms with Crippen LogP contribution in [0.15, 0.2) is 42.5 Å². The Bertz CT molecular complexity index is 655. The van der Waals surface area contributed by atoms with Crippen LogP contribution in [0.4, 0.5) is 4.39 Å². The molecule has 0 unspecified atom stereocenters. The van der Waals surface area contributed by atoms with Crippen molar-refractivity contribution in [1.82, 2.24) is 0 Å². The molecule has 0 aliphatic heterocycles. The highest BCUT2D eigenvalue weighted by Gasteiger charge is 2.03. The summed E-state index contributed by atoms with van der Waals surface area (Å²) in [6.45, 7) is 0.796. The molecule has 0 spiro atoms. The number of nitriles is 1. The number of hydrogen-bond donors (Lipinski definition) is 0. The van der Waals surface area contributed by atoms with Crippen LogP contribution in [0.2, 0.25) is 5.02 Å². The van der Waals surface area contributed by atoms with Crippen molar-refractivity contribution in [3.05, 3.63) is 58.9 Å². The van der Waals surface area contributed by atoms with Gasteiger partial charge in [-0.05, 0) is 24.3 Å². The summed E-state index contributed by atoms with van der Waals surface area (Å²) >= 11 is 5.58. The lowest BCUT2D eigenvalue weighted by Gasteiger charge is -2.09. The van der Waals surface area contributed by atoms with Crippen LogP contribution < -0.4 is 9.47 Å². The Labute approximate surface area is 127 Å². The van der Waals surface area contributed by atoms with Crippen molar-refractivity contribution in [3.63, 3.8) is 0 Å². The van der Waals surface area contributed by atoms with Crippen molar-refractivity contribution in [2.75, 3.05) is 13.2 Å². The highest BCUT2D eigenvalue weighted by molar-refractivity contribution is 6.30. The Morgan fingerprint density at radius 1 is 1.10 bits per heavy atom. The van der Waals surface area contributed by atoms with E-state index in [1.54, 1.807) is 24.3 Å². The van der Waals surface area contributed by atoms with Crippen LogP contribution in [-0.2, 0) is 0 Å². The number of benzene rings is 2. The third-order valence-electron chi connectivity index (χ3n) is 2.71. The van der Waals surface area contributed by atoms with Crippen molar-refractivity contribution < 1.29 is 13.9 Å². The quantitative estimate of drug-likeness (QED) is 0.751. The summed E-state index contributed by atoms with van der Waals surface area (Å²) in [6, 6.07) is 13.4. The van der Waals surface area contributed by atoms with Gasteiger partial charge in [-0.25, -0.2) is 4.39 Å². The zero-order valence-electron chi connectivity index (χ0n) is 11.2. The van der Waals surface area contributed by atoms with Crippen LogP contribution in [0.5, 0.6) is 11.5 Å². The summed E-state index contributed by atoms with van der Waals surface area (Å²) in [5, 5.41) is 8.99. The van der Waals surface area contributed by atoms with E-state index in [-0.39, 0.29) is 5.02 Å². The van der Waals surface area contributed by atoms with Crippen molar-refractivity contribution >= 4 is 11.6 Å². The van der Waals surface area contributed by atoms with Gasteiger partial charge in [0, 0.05) is 12.5 Å². The molecular weight excluding hydrogens is 293 g/mol. The second kappa shape index (κ2) is 7.51. The van der Waals surface area contributed by atoms with Gasteiger partial charge in [0.15, 0.2) is 0 Å². The van der Waals surface area contributed by atoms with Gasteiger partial charge in [-0.3, -0.25) is 0 Å². The molecule has 2 aromatic carbocycles. The van der Waals surface area contributed by atoms with Gasteiger partial charge >= 0.3 is 0 Å². The van der Waals surface area contributed by atoms with Gasteiger partial charge in [0.2, 0.25) is 0 Å². The zero-order chi connectivity index (χ0) is 15.1. The predicted molar refractivity (Wildman–Crippen MR) is 78.2 cm³/mol. The summed E-state index contributed by atoms with van der Waals surface area (Å²) in [5.41, 5.74) is 0.498. The van der Waals surface area contributed by atoms with Gasteiger partial charge in [0.1, 0.15) is 23.4 Å². The fourth-order valence-electron chi connectivity index (χ4n) is 1.68. The van der Waals surface area contributed by atoms with Crippen molar-refractivity contribution in [2.24, 2.45) is 0 Å². The molecule has 0 aromatic heterocycles. The lowest BCUT2D eigenvalue weighted by molar-refractivity contribution is 0.246. The standard InChI is InChI=1S/C16H13ClFNO2/c17-14-7-6-13(10-15(14)18)20-8-3-9-21-16-5-2-1-4-12(16)11-19/h1-2,4-7,10H,3,8-9H2. The first kappa shape index (κ1) is 15.1. The van der Waals surface area contributed by atoms with Crippen LogP contribution in [0, 0.1) is 17.1 Å². The molecule has 0 aliphatic carbocycles. The molecule has 0 atom stereocenters. The summed E-state index contributed by atoms with van der Waals surface area (Å²) in [4.78, 5) is 0. The SMILES string of the molecule is N#Cc1ccccc1OCCCOc1ccc(Cl)c(F)c1. The van der Waals surface area contributed by atoms with E-state index in [0.717, 1.165) is 0 Å². The highest BCUT2D eigenvalue weighted by atomic mass is 35.5. The molecular formula is C16H13ClFNO2. The Morgan fingerprint density at radius 2 is 1.86 bits per heavy atom. The minimum Gasteiger partial charge on any atom is -0.493 e. The van der Waals surface area contributed by atoms with E-state index in [1.165, 1.54) is 12.1 Å². The normalized spacial score (nSPS) is 9.95. The van der Waals surface area contributed by atoms with E-state index in [9.17, 15) is 4.39 Å². The number of nitrogens with zero attached hydrogens (tertiary/aromatic N) is 1. The number of ether oxygens (including phenoxy) is 2. The molecule has 0 radical (unpaired) electrons. The molecule has 2 aromatic rings. The maximum absolute atomic E-state index is 13.2. The number of halogens is 2. The lowest BCUT2D eigenvalue weighted by atomic mass is 10.2. The topological polar surface area (TPSA) is 42.2 Å². The average Bonchev–Trinajstić information content (AvgIpc) is 2.51. The van der Waals surface area contributed by atoms with Crippen molar-refractivity contribution in [2.45, 2.75) is 6.42 Å². The molecule has 0 saturated carbocycles. The number of rotatable bonds is 6. The maximum atomic E-state index is 13.2. The largest absolute Gasteiger partial charge is 0.493 e. The van der Waals surface area contributed by atoms with Gasteiger partial charge in [0.05, 0.1) is 23.8 Å². The monoisotopic (exact) mass is 305 g/mol. The molecule has 2 rings (SSSR count). The molecule has 0 saturated heterocycles. The second-order valence-electron chi connectivity index (χ2n) is 4.23. The Kier molecular flexibility index (Phi) is 5.42. The van der Waals surface area contributed by atoms with Gasteiger partial charge in [-0.2, -0.15) is 5.26 Å². The van der Waals surface area contributed by atoms with E-state index in [4.69, 9.17) is 26.3 Å². The average molecular weight is 306 g/mol. The van der Waals surface area contributed by atoms with E-state index < -0.39 is 5.82 Å². The molecule has 0 fully saturated rings. The maximum Gasteiger partial charge on any atom is 0.145 e. The van der Waals surface area contributed by atoms with E-state index in [0.29, 0.717) is 36.7 Å². The Balaban J connectivity index is 1.75. The molecule has 3 nitrogen and oxygen atoms in total. The van der Waals surface area contributed by atoms with E-state index in [1.807, 2.05) is 6.07 Å². The molecule has 0 heterocycles.